The summed E-state index contributed by atoms with van der Waals surface area (Å²) in [6.45, 7) is 3.24. The fraction of sp³-hybridized carbons (Fsp3) is 0.419. The summed E-state index contributed by atoms with van der Waals surface area (Å²) in [5.74, 6) is -1.08. The average Bonchev–Trinajstić information content (AvgIpc) is 2.98. The minimum absolute atomic E-state index is 0.0305. The summed E-state index contributed by atoms with van der Waals surface area (Å²) in [7, 11) is 1.39. The van der Waals surface area contributed by atoms with E-state index in [-0.39, 0.29) is 52.3 Å². The predicted octanol–water partition coefficient (Wildman–Crippen LogP) is 0.706. The fourth-order valence-corrected chi connectivity index (χ4v) is 6.08. The Morgan fingerprint density at radius 1 is 1.12 bits per heavy atom. The van der Waals surface area contributed by atoms with E-state index in [9.17, 15) is 35.1 Å². The molecule has 0 radical (unpaired) electrons. The van der Waals surface area contributed by atoms with Gasteiger partial charge in [0.05, 0.1) is 30.7 Å². The number of allylic oxidation sites excluding steroid dienone is 2. The molecule has 0 unspecified atom stereocenters. The van der Waals surface area contributed by atoms with Crippen LogP contribution in [0.4, 0.5) is 0 Å². The second-order valence-corrected chi connectivity index (χ2v) is 11.0. The quantitative estimate of drug-likeness (QED) is 0.192. The standard InChI is InChI=1S/C31H36N2O10/c1-4-16-19(41-3)12-20(25-24(16)26(36)17-9-14(2)10-18(35)23(17)27(25)37)42-30-28(38)29(39)31(40,21(13-34)43-30)7-5-15-6-8-33-22(32)11-15/h6,9-12,21,28-30,33-35,38-40H,4-5,7-8,13,32H2,1-3H3/t21-,28-,29-,30-,31-/m1/s1. The van der Waals surface area contributed by atoms with Gasteiger partial charge < -0.3 is 50.8 Å². The number of methoxy groups -OCH3 is 1. The molecule has 230 valence electrons. The first kappa shape index (κ1) is 30.5. The van der Waals surface area contributed by atoms with E-state index in [4.69, 9.17) is 19.9 Å². The Kier molecular flexibility index (Phi) is 8.25. The number of benzene rings is 2. The molecule has 1 saturated heterocycles. The molecule has 0 spiro atoms. The van der Waals surface area contributed by atoms with Crippen molar-refractivity contribution in [2.75, 3.05) is 20.3 Å². The van der Waals surface area contributed by atoms with Crippen LogP contribution in [0.2, 0.25) is 0 Å². The van der Waals surface area contributed by atoms with Crippen LogP contribution in [-0.2, 0) is 11.2 Å². The zero-order valence-corrected chi connectivity index (χ0v) is 24.1. The number of nitrogens with two attached hydrogens (primary N) is 1. The number of carbonyl (C=O) groups excluding carboxylic acids is 2. The van der Waals surface area contributed by atoms with Gasteiger partial charge in [-0.2, -0.15) is 0 Å². The number of hydrogen-bond acceptors (Lipinski definition) is 12. The highest BCUT2D eigenvalue weighted by Gasteiger charge is 2.55. The van der Waals surface area contributed by atoms with Crippen LogP contribution in [0.5, 0.6) is 17.2 Å². The summed E-state index contributed by atoms with van der Waals surface area (Å²) < 4.78 is 17.3. The van der Waals surface area contributed by atoms with E-state index >= 15 is 0 Å². The van der Waals surface area contributed by atoms with Crippen molar-refractivity contribution < 1.29 is 49.3 Å². The molecule has 8 N–H and O–H groups in total. The van der Waals surface area contributed by atoms with Crippen molar-refractivity contribution in [2.24, 2.45) is 5.73 Å². The number of phenols is 1. The van der Waals surface area contributed by atoms with Gasteiger partial charge in [-0.3, -0.25) is 9.59 Å². The van der Waals surface area contributed by atoms with Crippen molar-refractivity contribution >= 4 is 11.6 Å². The number of carbonyl (C=O) groups is 2. The van der Waals surface area contributed by atoms with Gasteiger partial charge in [-0.15, -0.1) is 0 Å². The van der Waals surface area contributed by atoms with E-state index in [0.29, 0.717) is 29.9 Å². The number of ketones is 2. The number of aryl methyl sites for hydroxylation is 1. The lowest BCUT2D eigenvalue weighted by Crippen LogP contribution is -2.67. The molecule has 1 fully saturated rings. The van der Waals surface area contributed by atoms with Crippen LogP contribution in [0.15, 0.2) is 41.7 Å². The number of fused-ring (bicyclic) bond motifs is 2. The molecular formula is C31H36N2O10. The molecule has 12 nitrogen and oxygen atoms in total. The number of nitrogens with one attached hydrogen (secondary N) is 1. The molecule has 2 aliphatic heterocycles. The molecular weight excluding hydrogens is 560 g/mol. The molecule has 0 aromatic heterocycles. The van der Waals surface area contributed by atoms with Gasteiger partial charge in [-0.05, 0) is 55.5 Å². The lowest BCUT2D eigenvalue weighted by molar-refractivity contribution is -0.314. The zero-order valence-electron chi connectivity index (χ0n) is 24.1. The van der Waals surface area contributed by atoms with Crippen LogP contribution < -0.4 is 20.5 Å². The van der Waals surface area contributed by atoms with E-state index < -0.39 is 48.4 Å². The van der Waals surface area contributed by atoms with E-state index in [0.717, 1.165) is 5.57 Å². The van der Waals surface area contributed by atoms with Gasteiger partial charge in [-0.1, -0.05) is 13.0 Å². The molecule has 5 rings (SSSR count). The van der Waals surface area contributed by atoms with Gasteiger partial charge in [0.2, 0.25) is 12.1 Å². The lowest BCUT2D eigenvalue weighted by Gasteiger charge is -2.48. The second kappa shape index (κ2) is 11.6. The highest BCUT2D eigenvalue weighted by atomic mass is 16.7. The van der Waals surface area contributed by atoms with Crippen molar-refractivity contribution in [2.45, 2.75) is 63.3 Å². The molecule has 0 saturated carbocycles. The van der Waals surface area contributed by atoms with Gasteiger partial charge in [0.25, 0.3) is 0 Å². The van der Waals surface area contributed by atoms with Crippen LogP contribution in [0.1, 0.15) is 62.7 Å². The third kappa shape index (κ3) is 5.15. The van der Waals surface area contributed by atoms with Gasteiger partial charge in [0.1, 0.15) is 41.2 Å². The van der Waals surface area contributed by atoms with Crippen LogP contribution in [0.25, 0.3) is 0 Å². The minimum Gasteiger partial charge on any atom is -0.507 e. The van der Waals surface area contributed by atoms with Crippen molar-refractivity contribution in [1.82, 2.24) is 5.32 Å². The third-order valence-electron chi connectivity index (χ3n) is 8.32. The maximum absolute atomic E-state index is 13.9. The Labute approximate surface area is 248 Å². The SMILES string of the molecule is CCc1c(OC)cc(O[C@@H]2O[C@H](CO)[C@](O)(CCC3=CCNC(N)=C3)[C@H](O)[C@H]2O)c2c1C(=O)c1cc(C)cc(O)c1C2=O. The number of aliphatic hydroxyl groups excluding tert-OH is 3. The summed E-state index contributed by atoms with van der Waals surface area (Å²) in [4.78, 5) is 27.6. The highest BCUT2D eigenvalue weighted by Crippen LogP contribution is 2.44. The smallest absolute Gasteiger partial charge is 0.229 e. The molecule has 2 aromatic carbocycles. The first-order valence-corrected chi connectivity index (χ1v) is 14.0. The molecule has 2 aromatic rings. The van der Waals surface area contributed by atoms with Crippen molar-refractivity contribution in [3.8, 4) is 17.2 Å². The summed E-state index contributed by atoms with van der Waals surface area (Å²) in [5, 5.41) is 57.4. The number of dihydropyridines is 1. The number of rotatable bonds is 8. The monoisotopic (exact) mass is 596 g/mol. The van der Waals surface area contributed by atoms with E-state index in [1.54, 1.807) is 19.9 Å². The number of hydrogen-bond donors (Lipinski definition) is 7. The Balaban J connectivity index is 1.51. The number of phenolic OH excluding ortho intramolecular Hbond substituents is 1. The van der Waals surface area contributed by atoms with E-state index in [2.05, 4.69) is 5.32 Å². The van der Waals surface area contributed by atoms with Gasteiger partial charge in [0.15, 0.2) is 5.78 Å². The fourth-order valence-electron chi connectivity index (χ4n) is 6.08. The first-order valence-electron chi connectivity index (χ1n) is 14.0. The Hall–Kier alpha value is -3.94. The maximum Gasteiger partial charge on any atom is 0.229 e. The second-order valence-electron chi connectivity index (χ2n) is 11.0. The van der Waals surface area contributed by atoms with E-state index in [1.165, 1.54) is 25.3 Å². The number of ether oxygens (including phenoxy) is 3. The third-order valence-corrected chi connectivity index (χ3v) is 8.32. The molecule has 0 amide bonds. The van der Waals surface area contributed by atoms with Crippen molar-refractivity contribution in [1.29, 1.82) is 0 Å². The predicted molar refractivity (Wildman–Crippen MR) is 153 cm³/mol. The summed E-state index contributed by atoms with van der Waals surface area (Å²) >= 11 is 0. The highest BCUT2D eigenvalue weighted by molar-refractivity contribution is 6.31. The van der Waals surface area contributed by atoms with Crippen LogP contribution in [0, 0.1) is 6.92 Å². The number of aliphatic hydroxyl groups is 4. The van der Waals surface area contributed by atoms with Crippen LogP contribution in [0.3, 0.4) is 0 Å². The van der Waals surface area contributed by atoms with Crippen LogP contribution >= 0.6 is 0 Å². The first-order chi connectivity index (χ1) is 20.4. The van der Waals surface area contributed by atoms with E-state index in [1.807, 2.05) is 6.08 Å². The van der Waals surface area contributed by atoms with Crippen molar-refractivity contribution in [3.63, 3.8) is 0 Å². The summed E-state index contributed by atoms with van der Waals surface area (Å²) in [6, 6.07) is 4.27. The minimum atomic E-state index is -2.07. The summed E-state index contributed by atoms with van der Waals surface area (Å²) in [6.07, 6.45) is -2.68. The van der Waals surface area contributed by atoms with Gasteiger partial charge in [-0.25, -0.2) is 0 Å². The summed E-state index contributed by atoms with van der Waals surface area (Å²) in [5.41, 5.74) is 5.30. The molecule has 43 heavy (non-hydrogen) atoms. The molecule has 1 aliphatic carbocycles. The normalized spacial score (nSPS) is 26.6. The average molecular weight is 597 g/mol. The maximum atomic E-state index is 13.9. The Morgan fingerprint density at radius 3 is 2.51 bits per heavy atom. The molecule has 2 heterocycles. The molecule has 0 bridgehead atoms. The van der Waals surface area contributed by atoms with Crippen LogP contribution in [-0.4, -0.2) is 87.6 Å². The van der Waals surface area contributed by atoms with Crippen molar-refractivity contribution in [3.05, 3.63) is 75.1 Å². The largest absolute Gasteiger partial charge is 0.507 e. The van der Waals surface area contributed by atoms with Gasteiger partial charge in [0, 0.05) is 29.3 Å². The molecule has 12 heteroatoms. The molecule has 3 aliphatic rings. The molecule has 5 atom stereocenters. The topological polar surface area (TPSA) is 201 Å². The van der Waals surface area contributed by atoms with Gasteiger partial charge >= 0.3 is 0 Å². The number of aromatic hydroxyl groups is 1. The lowest BCUT2D eigenvalue weighted by atomic mass is 9.79. The Morgan fingerprint density at radius 2 is 1.86 bits per heavy atom. The Bertz CT molecular complexity index is 1530. The zero-order chi connectivity index (χ0) is 31.2.